The number of hydrogen-bond acceptors (Lipinski definition) is 4. The number of nitrogens with zero attached hydrogens (tertiary/aromatic N) is 1. The van der Waals surface area contributed by atoms with Gasteiger partial charge in [-0.1, -0.05) is 6.07 Å². The number of rotatable bonds is 4. The Kier molecular flexibility index (Phi) is 3.32. The van der Waals surface area contributed by atoms with Crippen molar-refractivity contribution in [1.29, 1.82) is 0 Å². The quantitative estimate of drug-likeness (QED) is 0.634. The first kappa shape index (κ1) is 12.2. The van der Waals surface area contributed by atoms with Crippen molar-refractivity contribution in [3.05, 3.63) is 35.9 Å². The summed E-state index contributed by atoms with van der Waals surface area (Å²) in [7, 11) is 0. The Morgan fingerprint density at radius 2 is 2.11 bits per heavy atom. The van der Waals surface area contributed by atoms with E-state index in [9.17, 15) is 9.59 Å². The van der Waals surface area contributed by atoms with E-state index in [-0.39, 0.29) is 25.0 Å². The van der Waals surface area contributed by atoms with Gasteiger partial charge in [0.1, 0.15) is 12.4 Å². The van der Waals surface area contributed by atoms with E-state index in [2.05, 4.69) is 0 Å². The topological polar surface area (TPSA) is 72.6 Å². The van der Waals surface area contributed by atoms with Gasteiger partial charge in [-0.2, -0.15) is 0 Å². The average molecular weight is 246 g/mol. The molecule has 1 aliphatic heterocycles. The number of imide groups is 1. The molecule has 5 heteroatoms. The van der Waals surface area contributed by atoms with Crippen molar-refractivity contribution in [1.82, 2.24) is 4.90 Å². The maximum absolute atomic E-state index is 11.6. The smallest absolute Gasteiger partial charge is 0.256 e. The molecule has 0 bridgehead atoms. The molecule has 0 aromatic heterocycles. The van der Waals surface area contributed by atoms with Crippen LogP contribution in [0.15, 0.2) is 35.9 Å². The van der Waals surface area contributed by atoms with Gasteiger partial charge in [0.2, 0.25) is 0 Å². The first-order valence-electron chi connectivity index (χ1n) is 5.60. The zero-order valence-corrected chi connectivity index (χ0v) is 10.1. The summed E-state index contributed by atoms with van der Waals surface area (Å²) in [4.78, 5) is 24.2. The van der Waals surface area contributed by atoms with E-state index in [1.54, 1.807) is 31.2 Å². The lowest BCUT2D eigenvalue weighted by molar-refractivity contribution is -0.137. The molecule has 2 amide bonds. The second-order valence-electron chi connectivity index (χ2n) is 4.04. The van der Waals surface area contributed by atoms with Crippen LogP contribution >= 0.6 is 0 Å². The first-order chi connectivity index (χ1) is 8.58. The van der Waals surface area contributed by atoms with Crippen LogP contribution < -0.4 is 10.5 Å². The molecule has 0 saturated carbocycles. The second kappa shape index (κ2) is 4.91. The Bertz CT molecular complexity index is 523. The molecule has 0 saturated heterocycles. The fourth-order valence-corrected chi connectivity index (χ4v) is 1.71. The predicted octanol–water partition coefficient (Wildman–Crippen LogP) is 0.963. The molecule has 0 fully saturated rings. The first-order valence-corrected chi connectivity index (χ1v) is 5.60. The van der Waals surface area contributed by atoms with Gasteiger partial charge >= 0.3 is 0 Å². The lowest BCUT2D eigenvalue weighted by Crippen LogP contribution is -2.34. The summed E-state index contributed by atoms with van der Waals surface area (Å²) >= 11 is 0. The third-order valence-electron chi connectivity index (χ3n) is 2.63. The zero-order valence-electron chi connectivity index (χ0n) is 10.1. The summed E-state index contributed by atoms with van der Waals surface area (Å²) in [6.45, 7) is 2.11. The van der Waals surface area contributed by atoms with Crippen LogP contribution in [-0.2, 0) is 9.59 Å². The SMILES string of the molecule is CC1=CC(=O)N(CCOc2cccc(N)c2)C1=O. The number of carbonyl (C=O) groups excluding carboxylic acids is 2. The molecule has 2 N–H and O–H groups in total. The number of nitrogen functional groups attached to an aromatic ring is 1. The number of benzene rings is 1. The summed E-state index contributed by atoms with van der Waals surface area (Å²) in [5.74, 6) is 0.0867. The largest absolute Gasteiger partial charge is 0.492 e. The minimum Gasteiger partial charge on any atom is -0.492 e. The maximum atomic E-state index is 11.6. The number of carbonyl (C=O) groups is 2. The molecule has 0 unspecified atom stereocenters. The van der Waals surface area contributed by atoms with E-state index in [4.69, 9.17) is 10.5 Å². The lowest BCUT2D eigenvalue weighted by atomic mass is 10.3. The molecule has 94 valence electrons. The molecule has 1 aromatic carbocycles. The molecule has 5 nitrogen and oxygen atoms in total. The van der Waals surface area contributed by atoms with Gasteiger partial charge in [0.05, 0.1) is 6.54 Å². The molecule has 0 spiro atoms. The maximum Gasteiger partial charge on any atom is 0.256 e. The number of amides is 2. The summed E-state index contributed by atoms with van der Waals surface area (Å²) in [6.07, 6.45) is 1.34. The van der Waals surface area contributed by atoms with Crippen molar-refractivity contribution in [2.45, 2.75) is 6.92 Å². The minimum absolute atomic E-state index is 0.236. The van der Waals surface area contributed by atoms with Crippen LogP contribution in [0.5, 0.6) is 5.75 Å². The minimum atomic E-state index is -0.284. The van der Waals surface area contributed by atoms with Crippen molar-refractivity contribution in [2.24, 2.45) is 0 Å². The highest BCUT2D eigenvalue weighted by atomic mass is 16.5. The van der Waals surface area contributed by atoms with Gasteiger partial charge in [0, 0.05) is 23.4 Å². The van der Waals surface area contributed by atoms with Crippen molar-refractivity contribution < 1.29 is 14.3 Å². The normalized spacial score (nSPS) is 14.9. The third kappa shape index (κ3) is 2.51. The predicted molar refractivity (Wildman–Crippen MR) is 66.8 cm³/mol. The summed E-state index contributed by atoms with van der Waals surface area (Å²) in [6, 6.07) is 7.00. The van der Waals surface area contributed by atoms with Gasteiger partial charge in [0.15, 0.2) is 0 Å². The third-order valence-corrected chi connectivity index (χ3v) is 2.63. The number of nitrogens with two attached hydrogens (primary N) is 1. The van der Waals surface area contributed by atoms with Crippen molar-refractivity contribution in [3.8, 4) is 5.75 Å². The van der Waals surface area contributed by atoms with E-state index in [1.807, 2.05) is 0 Å². The Labute approximate surface area is 105 Å². The number of hydrogen-bond donors (Lipinski definition) is 1. The van der Waals surface area contributed by atoms with Crippen LogP contribution in [0.3, 0.4) is 0 Å². The van der Waals surface area contributed by atoms with Crippen LogP contribution in [-0.4, -0.2) is 29.9 Å². The molecule has 18 heavy (non-hydrogen) atoms. The lowest BCUT2D eigenvalue weighted by Gasteiger charge is -2.14. The molecule has 1 aromatic rings. The van der Waals surface area contributed by atoms with E-state index in [1.165, 1.54) is 11.0 Å². The Morgan fingerprint density at radius 3 is 2.72 bits per heavy atom. The standard InChI is InChI=1S/C13H14N2O3/c1-9-7-12(16)15(13(9)17)5-6-18-11-4-2-3-10(14)8-11/h2-4,7-8H,5-6,14H2,1H3. The molecule has 1 heterocycles. The van der Waals surface area contributed by atoms with E-state index < -0.39 is 0 Å². The van der Waals surface area contributed by atoms with Crippen LogP contribution in [0.25, 0.3) is 0 Å². The van der Waals surface area contributed by atoms with Gasteiger partial charge < -0.3 is 10.5 Å². The molecule has 0 atom stereocenters. The van der Waals surface area contributed by atoms with E-state index in [0.29, 0.717) is 17.0 Å². The number of anilines is 1. The highest BCUT2D eigenvalue weighted by Gasteiger charge is 2.27. The second-order valence-corrected chi connectivity index (χ2v) is 4.04. The fourth-order valence-electron chi connectivity index (χ4n) is 1.71. The summed E-state index contributed by atoms with van der Waals surface area (Å²) < 4.78 is 5.43. The summed E-state index contributed by atoms with van der Waals surface area (Å²) in [5, 5.41) is 0. The van der Waals surface area contributed by atoms with Crippen molar-refractivity contribution in [2.75, 3.05) is 18.9 Å². The summed E-state index contributed by atoms with van der Waals surface area (Å²) in [5.41, 5.74) is 6.68. The van der Waals surface area contributed by atoms with E-state index in [0.717, 1.165) is 0 Å². The van der Waals surface area contributed by atoms with Crippen molar-refractivity contribution in [3.63, 3.8) is 0 Å². The van der Waals surface area contributed by atoms with Gasteiger partial charge in [-0.25, -0.2) is 0 Å². The molecule has 0 aliphatic carbocycles. The fraction of sp³-hybridized carbons (Fsp3) is 0.231. The Balaban J connectivity index is 1.87. The van der Waals surface area contributed by atoms with Gasteiger partial charge in [-0.3, -0.25) is 14.5 Å². The van der Waals surface area contributed by atoms with Crippen LogP contribution in [0.2, 0.25) is 0 Å². The van der Waals surface area contributed by atoms with Crippen molar-refractivity contribution >= 4 is 17.5 Å². The van der Waals surface area contributed by atoms with Crippen LogP contribution in [0.4, 0.5) is 5.69 Å². The number of ether oxygens (including phenoxy) is 1. The monoisotopic (exact) mass is 246 g/mol. The molecular formula is C13H14N2O3. The molecular weight excluding hydrogens is 232 g/mol. The molecule has 1 aliphatic rings. The molecule has 2 rings (SSSR count). The van der Waals surface area contributed by atoms with Crippen LogP contribution in [0.1, 0.15) is 6.92 Å². The average Bonchev–Trinajstić information content (AvgIpc) is 2.56. The van der Waals surface area contributed by atoms with Gasteiger partial charge in [0.25, 0.3) is 11.8 Å². The van der Waals surface area contributed by atoms with Gasteiger partial charge in [-0.05, 0) is 19.1 Å². The zero-order chi connectivity index (χ0) is 13.1. The highest BCUT2D eigenvalue weighted by Crippen LogP contribution is 2.15. The highest BCUT2D eigenvalue weighted by molar-refractivity contribution is 6.15. The Hall–Kier alpha value is -2.30. The van der Waals surface area contributed by atoms with Gasteiger partial charge in [-0.15, -0.1) is 0 Å². The van der Waals surface area contributed by atoms with E-state index >= 15 is 0 Å². The molecule has 0 radical (unpaired) electrons. The van der Waals surface area contributed by atoms with Crippen LogP contribution in [0, 0.1) is 0 Å². The Morgan fingerprint density at radius 1 is 1.33 bits per heavy atom.